The number of carbonyl (C=O) groups is 7. The van der Waals surface area contributed by atoms with E-state index in [1.54, 1.807) is 62.4 Å². The third-order valence-electron chi connectivity index (χ3n) is 15.6. The first kappa shape index (κ1) is 73.7. The zero-order valence-electron chi connectivity index (χ0n) is 54.2. The normalized spacial score (nSPS) is 20.8. The second-order valence-electron chi connectivity index (χ2n) is 23.2. The molecule has 1 aliphatic carbocycles. The fourth-order valence-corrected chi connectivity index (χ4v) is 12.2. The standard InChI is InChI=1S/C62H76N12O22P2/c1-38(2)53(68-49(75)16-19-85-21-23-87-25-27-89-28-26-88-24-22-86-20-18-73-51(76)13-14-52(73)77)58(80)66-39(3)56(78)67-43-11-9-40(10-12-43)33-90-62(82)72(4)32-41-7-5-6-8-46(41)57(79)70-61-69-55-54(59(81)71-61)65-37-74(55)60-48-31-45(94-60)35-92-98(84)95-47-30-44(93-50-15-17-63-36-64-50)29-42(47)34-91-97(83)96-48/h5-15,17,36-39,42,44-45,47-48,53,60H,16,18-35H2,1-4H3,(H3-2,66,67,68,69,70,71,75,78,79,80,81)/p+2/t39-,42+,44+,45-,47-,48+,53-,60+/m0/s1. The van der Waals surface area contributed by atoms with Crippen LogP contribution in [0.25, 0.3) is 11.2 Å². The van der Waals surface area contributed by atoms with Crippen molar-refractivity contribution in [3.05, 3.63) is 113 Å². The summed E-state index contributed by atoms with van der Waals surface area (Å²) in [7, 11) is -3.93. The minimum absolute atomic E-state index is 0.0172. The summed E-state index contributed by atoms with van der Waals surface area (Å²) in [5, 5.41) is 10.8. The minimum Gasteiger partial charge on any atom is -0.474 e. The molecule has 1 saturated carbocycles. The van der Waals surface area contributed by atoms with Crippen LogP contribution < -0.4 is 31.6 Å². The summed E-state index contributed by atoms with van der Waals surface area (Å²) in [6.07, 6.45) is 2.86. The number of aromatic nitrogens is 6. The number of imidazole rings is 1. The average molecular weight is 1410 g/mol. The number of carbonyl (C=O) groups excluding carboxylic acids is 7. The van der Waals surface area contributed by atoms with Crippen molar-refractivity contribution in [3.63, 3.8) is 0 Å². The molecule has 0 spiro atoms. The fourth-order valence-electron chi connectivity index (χ4n) is 10.5. The van der Waals surface area contributed by atoms with E-state index >= 15 is 0 Å². The van der Waals surface area contributed by atoms with Crippen molar-refractivity contribution >= 4 is 80.8 Å². The van der Waals surface area contributed by atoms with E-state index in [1.807, 2.05) is 0 Å². The van der Waals surface area contributed by atoms with Gasteiger partial charge in [0.15, 0.2) is 23.5 Å². The molecule has 10 atom stereocenters. The van der Waals surface area contributed by atoms with E-state index in [-0.39, 0.29) is 119 Å². The lowest BCUT2D eigenvalue weighted by Gasteiger charge is -2.24. The van der Waals surface area contributed by atoms with Gasteiger partial charge in [-0.25, -0.2) is 19.7 Å². The monoisotopic (exact) mass is 1400 g/mol. The van der Waals surface area contributed by atoms with Crippen molar-refractivity contribution in [2.75, 3.05) is 104 Å². The van der Waals surface area contributed by atoms with E-state index in [1.165, 1.54) is 60.5 Å². The van der Waals surface area contributed by atoms with E-state index in [0.29, 0.717) is 75.2 Å². The Morgan fingerprint density at radius 1 is 0.745 bits per heavy atom. The van der Waals surface area contributed by atoms with Crippen molar-refractivity contribution in [2.24, 2.45) is 11.8 Å². The van der Waals surface area contributed by atoms with Gasteiger partial charge >= 0.3 is 22.6 Å². The molecule has 6 heterocycles. The molecule has 2 aromatic carbocycles. The summed E-state index contributed by atoms with van der Waals surface area (Å²) >= 11 is 0. The Bertz CT molecular complexity index is 3660. The maximum Gasteiger partial charge on any atom is 0.697 e. The molecule has 3 fully saturated rings. The van der Waals surface area contributed by atoms with Crippen molar-refractivity contribution in [1.82, 2.24) is 49.9 Å². The van der Waals surface area contributed by atoms with Crippen LogP contribution in [0.2, 0.25) is 0 Å². The van der Waals surface area contributed by atoms with Crippen LogP contribution in [0.15, 0.2) is 90.4 Å². The van der Waals surface area contributed by atoms with Crippen molar-refractivity contribution in [2.45, 2.75) is 102 Å². The molecular weight excluding hydrogens is 1330 g/mol. The largest absolute Gasteiger partial charge is 0.697 e. The summed E-state index contributed by atoms with van der Waals surface area (Å²) < 4.78 is 96.1. The smallest absolute Gasteiger partial charge is 0.474 e. The Balaban J connectivity index is 0.661. The Morgan fingerprint density at radius 2 is 1.41 bits per heavy atom. The molecule has 9 rings (SSSR count). The molecule has 7 amide bonds. The summed E-state index contributed by atoms with van der Waals surface area (Å²) in [6.45, 7) is 7.48. The zero-order valence-corrected chi connectivity index (χ0v) is 56.0. The topological polar surface area (TPSA) is 408 Å². The summed E-state index contributed by atoms with van der Waals surface area (Å²) in [5.74, 6) is -3.51. The first-order valence-corrected chi connectivity index (χ1v) is 33.8. The molecule has 34 nitrogen and oxygen atoms in total. The van der Waals surface area contributed by atoms with Crippen LogP contribution in [-0.2, 0) is 97.5 Å². The van der Waals surface area contributed by atoms with Crippen LogP contribution in [0.3, 0.4) is 0 Å². The molecule has 2 saturated heterocycles. The van der Waals surface area contributed by atoms with Crippen LogP contribution in [0.1, 0.15) is 74.2 Å². The first-order valence-electron chi connectivity index (χ1n) is 31.6. The maximum absolute atomic E-state index is 14.0. The Labute approximate surface area is 563 Å². The molecule has 2 unspecified atom stereocenters. The number of fused-ring (bicyclic) bond motifs is 4. The number of amides is 7. The van der Waals surface area contributed by atoms with E-state index in [0.717, 1.165) is 4.90 Å². The van der Waals surface area contributed by atoms with Crippen molar-refractivity contribution in [1.29, 1.82) is 0 Å². The number of aromatic amines is 1. The molecule has 3 aromatic heterocycles. The van der Waals surface area contributed by atoms with Gasteiger partial charge in [0.05, 0.1) is 85.0 Å². The number of benzene rings is 2. The quantitative estimate of drug-likeness (QED) is 0.0223. The molecule has 36 heteroatoms. The van der Waals surface area contributed by atoms with E-state index in [9.17, 15) is 47.5 Å². The Morgan fingerprint density at radius 3 is 2.09 bits per heavy atom. The van der Waals surface area contributed by atoms with Gasteiger partial charge in [-0.15, -0.1) is 18.1 Å². The molecule has 526 valence electrons. The Hall–Kier alpha value is -8.50. The molecule has 5 aromatic rings. The predicted octanol–water partition coefficient (Wildman–Crippen LogP) is 4.19. The van der Waals surface area contributed by atoms with Gasteiger partial charge in [0.1, 0.15) is 50.4 Å². The maximum atomic E-state index is 14.0. The highest BCUT2D eigenvalue weighted by atomic mass is 31.1. The number of nitrogens with zero attached hydrogens (tertiary/aromatic N) is 7. The zero-order chi connectivity index (χ0) is 69.5. The van der Waals surface area contributed by atoms with Crippen molar-refractivity contribution < 1.29 is 98.7 Å². The fraction of sp³-hybridized carbons (Fsp3) is 0.516. The molecule has 5 N–H and O–H groups in total. The first-order chi connectivity index (χ1) is 47.3. The molecule has 4 aliphatic rings. The second kappa shape index (κ2) is 36.9. The van der Waals surface area contributed by atoms with E-state index < -0.39 is 94.3 Å². The highest BCUT2D eigenvalue weighted by Crippen LogP contribution is 2.44. The molecule has 98 heavy (non-hydrogen) atoms. The summed E-state index contributed by atoms with van der Waals surface area (Å²) in [5.41, 5.74) is 0.657. The van der Waals surface area contributed by atoms with Gasteiger partial charge in [0.2, 0.25) is 29.5 Å². The Kier molecular flexibility index (Phi) is 27.8. The number of rotatable bonds is 33. The van der Waals surface area contributed by atoms with Gasteiger partial charge in [-0.3, -0.25) is 53.3 Å². The number of hydrogen-bond donors (Lipinski definition) is 5. The van der Waals surface area contributed by atoms with Crippen LogP contribution in [0.5, 0.6) is 5.88 Å². The predicted molar refractivity (Wildman–Crippen MR) is 343 cm³/mol. The highest BCUT2D eigenvalue weighted by molar-refractivity contribution is 7.33. The third-order valence-corrected chi connectivity index (χ3v) is 17.2. The van der Waals surface area contributed by atoms with E-state index in [2.05, 4.69) is 46.2 Å². The summed E-state index contributed by atoms with van der Waals surface area (Å²) in [6, 6.07) is 12.6. The van der Waals surface area contributed by atoms with Gasteiger partial charge < -0.3 is 58.7 Å². The van der Waals surface area contributed by atoms with Gasteiger partial charge in [-0.2, -0.15) is 4.98 Å². The lowest BCUT2D eigenvalue weighted by atomic mass is 10.0. The lowest BCUT2D eigenvalue weighted by molar-refractivity contribution is -0.137. The van der Waals surface area contributed by atoms with Crippen LogP contribution in [0, 0.1) is 11.8 Å². The molecule has 3 aliphatic heterocycles. The number of nitrogens with one attached hydrogen (secondary N) is 5. The number of hydrogen-bond acceptors (Lipinski definition) is 26. The summed E-state index contributed by atoms with van der Waals surface area (Å²) in [4.78, 5) is 125. The average Bonchev–Trinajstić information content (AvgIpc) is 1.75. The van der Waals surface area contributed by atoms with Gasteiger partial charge in [0.25, 0.3) is 23.3 Å². The van der Waals surface area contributed by atoms with Gasteiger partial charge in [-0.1, -0.05) is 44.2 Å². The lowest BCUT2D eigenvalue weighted by Crippen LogP contribution is -2.53. The second-order valence-corrected chi connectivity index (χ2v) is 25.0. The molecule has 2 bridgehead atoms. The van der Waals surface area contributed by atoms with Crippen LogP contribution in [0.4, 0.5) is 16.4 Å². The number of imide groups is 1. The van der Waals surface area contributed by atoms with Crippen LogP contribution in [-0.4, -0.2) is 210 Å². The van der Waals surface area contributed by atoms with Crippen molar-refractivity contribution in [3.8, 4) is 5.88 Å². The third kappa shape index (κ3) is 21.7. The van der Waals surface area contributed by atoms with Gasteiger partial charge in [0, 0.05) is 83.6 Å². The number of H-pyrrole nitrogens is 1. The van der Waals surface area contributed by atoms with Gasteiger partial charge in [-0.05, 0) is 48.6 Å². The minimum atomic E-state index is -2.76. The molecule has 0 radical (unpaired) electrons. The molecular formula is C62H78N12O22P2+2. The number of ether oxygens (including phenoxy) is 8. The SMILES string of the molecule is CC(C)[C@H](NC(=O)CCOCCOCCOCCOCCOCCN1C(=O)C=CC1=O)C(=O)N[C@@H](C)C(=O)Nc1ccc(COC(=O)N(C)Cc2ccccc2C(=O)Nc2nc3c(ncn3[C@@H]3O[C@@H]4CO[P+](=O)O[C@H]5C[C@H](Oc6ccncn6)C[C@@H]5CO[P+](=O)O[C@@H]3C4)c(=O)[nH]2)cc1. The van der Waals surface area contributed by atoms with E-state index in [4.69, 9.17) is 56.0 Å². The highest BCUT2D eigenvalue weighted by Gasteiger charge is 2.49. The van der Waals surface area contributed by atoms with Crippen LogP contribution >= 0.6 is 16.5 Å². The number of anilines is 2.